The van der Waals surface area contributed by atoms with Crippen molar-refractivity contribution >= 4 is 21.6 Å². The number of hydrogen-bond acceptors (Lipinski definition) is 4. The summed E-state index contributed by atoms with van der Waals surface area (Å²) in [6.07, 6.45) is 0.918. The maximum Gasteiger partial charge on any atom is 0.253 e. The van der Waals surface area contributed by atoms with Crippen LogP contribution in [0.2, 0.25) is 0 Å². The predicted octanol–water partition coefficient (Wildman–Crippen LogP) is 0.0622. The predicted molar refractivity (Wildman–Crippen MR) is 73.9 cm³/mol. The number of ether oxygens (including phenoxy) is 1. The number of sulfonamides is 1. The average Bonchev–Trinajstić information content (AvgIpc) is 2.83. The number of amides is 1. The van der Waals surface area contributed by atoms with Crippen molar-refractivity contribution in [1.29, 1.82) is 0 Å². The van der Waals surface area contributed by atoms with E-state index in [1.807, 2.05) is 30.3 Å². The quantitative estimate of drug-likeness (QED) is 0.774. The molecule has 1 amide bonds. The van der Waals surface area contributed by atoms with Crippen LogP contribution in [-0.4, -0.2) is 56.7 Å². The maximum atomic E-state index is 12.1. The van der Waals surface area contributed by atoms with Gasteiger partial charge in [0.05, 0.1) is 18.4 Å². The van der Waals surface area contributed by atoms with E-state index in [1.54, 1.807) is 4.90 Å². The highest BCUT2D eigenvalue weighted by molar-refractivity contribution is 7.88. The molecule has 3 rings (SSSR count). The molecule has 108 valence electrons. The molecule has 6 nitrogen and oxygen atoms in total. The van der Waals surface area contributed by atoms with Gasteiger partial charge in [-0.05, 0) is 12.1 Å². The molecule has 0 radical (unpaired) electrons. The van der Waals surface area contributed by atoms with Gasteiger partial charge in [0.1, 0.15) is 6.61 Å². The van der Waals surface area contributed by atoms with Crippen molar-refractivity contribution < 1.29 is 17.9 Å². The summed E-state index contributed by atoms with van der Waals surface area (Å²) in [5.74, 6) is -0.132. The van der Waals surface area contributed by atoms with E-state index >= 15 is 0 Å². The summed E-state index contributed by atoms with van der Waals surface area (Å²) in [6, 6.07) is 9.04. The molecule has 0 unspecified atom stereocenters. The Bertz CT molecular complexity index is 617. The summed E-state index contributed by atoms with van der Waals surface area (Å²) >= 11 is 0. The lowest BCUT2D eigenvalue weighted by molar-refractivity contribution is -0.130. The third-order valence-corrected chi connectivity index (χ3v) is 4.96. The molecule has 2 saturated heterocycles. The molecule has 0 spiro atoms. The number of benzene rings is 1. The Morgan fingerprint density at radius 3 is 2.55 bits per heavy atom. The largest absolute Gasteiger partial charge is 0.365 e. The van der Waals surface area contributed by atoms with Gasteiger partial charge in [0.15, 0.2) is 0 Å². The topological polar surface area (TPSA) is 66.9 Å². The average molecular weight is 296 g/mol. The van der Waals surface area contributed by atoms with E-state index in [0.717, 1.165) is 5.69 Å². The minimum atomic E-state index is -3.27. The maximum absolute atomic E-state index is 12.1. The van der Waals surface area contributed by atoms with E-state index in [9.17, 15) is 13.2 Å². The molecule has 0 aromatic heterocycles. The molecule has 1 aromatic rings. The van der Waals surface area contributed by atoms with Crippen LogP contribution in [-0.2, 0) is 19.6 Å². The molecule has 2 aliphatic rings. The Hall–Kier alpha value is -1.44. The normalized spacial score (nSPS) is 27.6. The van der Waals surface area contributed by atoms with Gasteiger partial charge < -0.3 is 9.64 Å². The van der Waals surface area contributed by atoms with Gasteiger partial charge >= 0.3 is 0 Å². The van der Waals surface area contributed by atoms with Crippen LogP contribution in [0.4, 0.5) is 5.69 Å². The van der Waals surface area contributed by atoms with E-state index in [0.29, 0.717) is 6.54 Å². The summed E-state index contributed by atoms with van der Waals surface area (Å²) in [5, 5.41) is 0. The van der Waals surface area contributed by atoms with E-state index in [4.69, 9.17) is 4.74 Å². The fourth-order valence-corrected chi connectivity index (χ4v) is 3.60. The monoisotopic (exact) mass is 296 g/mol. The molecule has 0 bridgehead atoms. The first-order valence-corrected chi connectivity index (χ1v) is 8.25. The van der Waals surface area contributed by atoms with Crippen LogP contribution in [0.5, 0.6) is 0 Å². The number of carbonyl (C=O) groups is 1. The second-order valence-electron chi connectivity index (χ2n) is 5.10. The van der Waals surface area contributed by atoms with Gasteiger partial charge in [0.25, 0.3) is 5.91 Å². The van der Waals surface area contributed by atoms with Gasteiger partial charge in [-0.25, -0.2) is 8.42 Å². The molecule has 1 aromatic carbocycles. The lowest BCUT2D eigenvalue weighted by Crippen LogP contribution is -2.54. The van der Waals surface area contributed by atoms with Crippen molar-refractivity contribution in [3.05, 3.63) is 30.3 Å². The molecule has 2 fully saturated rings. The number of fused-ring (bicyclic) bond motifs is 1. The number of hydrogen-bond donors (Lipinski definition) is 0. The van der Waals surface area contributed by atoms with Crippen LogP contribution in [0.1, 0.15) is 0 Å². The minimum Gasteiger partial charge on any atom is -0.365 e. The molecule has 0 N–H and O–H groups in total. The molecular weight excluding hydrogens is 280 g/mol. The Morgan fingerprint density at radius 1 is 1.20 bits per heavy atom. The zero-order chi connectivity index (χ0) is 14.3. The summed E-state index contributed by atoms with van der Waals surface area (Å²) in [7, 11) is -3.27. The summed E-state index contributed by atoms with van der Waals surface area (Å²) < 4.78 is 30.2. The van der Waals surface area contributed by atoms with Crippen molar-refractivity contribution in [3.8, 4) is 0 Å². The van der Waals surface area contributed by atoms with Gasteiger partial charge in [-0.2, -0.15) is 4.31 Å². The number of carbonyl (C=O) groups excluding carboxylic acids is 1. The van der Waals surface area contributed by atoms with Crippen molar-refractivity contribution in [2.75, 3.05) is 30.9 Å². The first-order chi connectivity index (χ1) is 9.47. The van der Waals surface area contributed by atoms with Crippen molar-refractivity contribution in [2.45, 2.75) is 12.1 Å². The molecule has 2 atom stereocenters. The van der Waals surface area contributed by atoms with Crippen molar-refractivity contribution in [3.63, 3.8) is 0 Å². The second-order valence-corrected chi connectivity index (χ2v) is 7.08. The Labute approximate surface area is 118 Å². The fourth-order valence-electron chi connectivity index (χ4n) is 2.76. The van der Waals surface area contributed by atoms with Crippen LogP contribution in [0, 0.1) is 0 Å². The van der Waals surface area contributed by atoms with E-state index in [-0.39, 0.29) is 31.2 Å². The van der Waals surface area contributed by atoms with Crippen molar-refractivity contribution in [2.24, 2.45) is 0 Å². The first kappa shape index (κ1) is 13.5. The molecule has 2 aliphatic heterocycles. The molecule has 20 heavy (non-hydrogen) atoms. The number of rotatable bonds is 2. The molecule has 0 saturated carbocycles. The first-order valence-electron chi connectivity index (χ1n) is 6.40. The van der Waals surface area contributed by atoms with E-state index in [1.165, 1.54) is 10.6 Å². The second kappa shape index (κ2) is 4.83. The van der Waals surface area contributed by atoms with Gasteiger partial charge in [0, 0.05) is 18.8 Å². The third-order valence-electron chi connectivity index (χ3n) is 3.73. The fraction of sp³-hybridized carbons (Fsp3) is 0.462. The van der Waals surface area contributed by atoms with E-state index < -0.39 is 10.0 Å². The number of morpholine rings is 1. The smallest absolute Gasteiger partial charge is 0.253 e. The van der Waals surface area contributed by atoms with Gasteiger partial charge in [-0.3, -0.25) is 4.79 Å². The van der Waals surface area contributed by atoms with E-state index in [2.05, 4.69) is 0 Å². The Morgan fingerprint density at radius 2 is 1.90 bits per heavy atom. The number of anilines is 1. The zero-order valence-electron chi connectivity index (χ0n) is 11.1. The third kappa shape index (κ3) is 2.32. The number of nitrogens with zero attached hydrogens (tertiary/aromatic N) is 2. The highest BCUT2D eigenvalue weighted by Gasteiger charge is 2.46. The highest BCUT2D eigenvalue weighted by atomic mass is 32.2. The summed E-state index contributed by atoms with van der Waals surface area (Å²) in [6.45, 7) is 0.581. The number of para-hydroxylation sites is 1. The van der Waals surface area contributed by atoms with Crippen LogP contribution in [0.3, 0.4) is 0 Å². The SMILES string of the molecule is CS(=O)(=O)N1C[C@@H]2OCC(=O)N(c3ccccc3)[C@@H]2C1. The molecule has 7 heteroatoms. The molecule has 0 aliphatic carbocycles. The lowest BCUT2D eigenvalue weighted by Gasteiger charge is -2.36. The minimum absolute atomic E-state index is 0.00629. The Kier molecular flexibility index (Phi) is 3.27. The molecule has 2 heterocycles. The summed E-state index contributed by atoms with van der Waals surface area (Å²) in [4.78, 5) is 13.8. The van der Waals surface area contributed by atoms with Crippen LogP contribution >= 0.6 is 0 Å². The van der Waals surface area contributed by atoms with Crippen molar-refractivity contribution in [1.82, 2.24) is 4.31 Å². The van der Waals surface area contributed by atoms with Gasteiger partial charge in [-0.1, -0.05) is 18.2 Å². The zero-order valence-corrected chi connectivity index (χ0v) is 11.9. The van der Waals surface area contributed by atoms with Gasteiger partial charge in [0.2, 0.25) is 10.0 Å². The lowest BCUT2D eigenvalue weighted by atomic mass is 10.1. The Balaban J connectivity index is 1.92. The standard InChI is InChI=1S/C13H16N2O4S/c1-20(17,18)14-7-11-12(8-14)19-9-13(16)15(11)10-5-3-2-4-6-10/h2-6,11-12H,7-9H2,1H3/t11-,12+/m1/s1. The van der Waals surface area contributed by atoms with Crippen LogP contribution in [0.15, 0.2) is 30.3 Å². The van der Waals surface area contributed by atoms with Gasteiger partial charge in [-0.15, -0.1) is 0 Å². The summed E-state index contributed by atoms with van der Waals surface area (Å²) in [5.41, 5.74) is 0.783. The molecular formula is C13H16N2O4S. The van der Waals surface area contributed by atoms with Crippen LogP contribution < -0.4 is 4.90 Å². The highest BCUT2D eigenvalue weighted by Crippen LogP contribution is 2.29. The van der Waals surface area contributed by atoms with Crippen LogP contribution in [0.25, 0.3) is 0 Å².